The molecule has 0 aromatic heterocycles. The van der Waals surface area contributed by atoms with E-state index in [1.807, 2.05) is 19.2 Å². The van der Waals surface area contributed by atoms with Crippen molar-refractivity contribution in [3.63, 3.8) is 0 Å². The van der Waals surface area contributed by atoms with E-state index < -0.39 is 0 Å². The molecule has 1 atom stereocenters. The van der Waals surface area contributed by atoms with Gasteiger partial charge in [0, 0.05) is 16.1 Å². The van der Waals surface area contributed by atoms with Crippen LogP contribution in [0.25, 0.3) is 0 Å². The molecule has 0 aliphatic rings. The first-order chi connectivity index (χ1) is 9.10. The van der Waals surface area contributed by atoms with Crippen molar-refractivity contribution in [1.82, 2.24) is 5.32 Å². The van der Waals surface area contributed by atoms with Gasteiger partial charge in [-0.05, 0) is 48.9 Å². The second-order valence-electron chi connectivity index (χ2n) is 4.34. The third-order valence-corrected chi connectivity index (χ3v) is 3.58. The van der Waals surface area contributed by atoms with E-state index in [2.05, 4.69) is 5.32 Å². The highest BCUT2D eigenvalue weighted by Crippen LogP contribution is 2.28. The zero-order chi connectivity index (χ0) is 13.8. The Morgan fingerprint density at radius 3 is 2.58 bits per heavy atom. The highest BCUT2D eigenvalue weighted by atomic mass is 35.5. The second-order valence-corrected chi connectivity index (χ2v) is 5.18. The molecule has 0 aliphatic carbocycles. The Balaban J connectivity index is 2.25. The molecular weight excluding hydrogens is 284 g/mol. The summed E-state index contributed by atoms with van der Waals surface area (Å²) < 4.78 is 13.2. The summed E-state index contributed by atoms with van der Waals surface area (Å²) >= 11 is 12.1. The molecule has 1 nitrogen and oxygen atoms in total. The molecule has 0 amide bonds. The number of likely N-dealkylation sites (N-methyl/N-ethyl adjacent to an activating group) is 1. The largest absolute Gasteiger partial charge is 0.313 e. The van der Waals surface area contributed by atoms with Crippen molar-refractivity contribution in [1.29, 1.82) is 0 Å². The Hall–Kier alpha value is -1.09. The maximum absolute atomic E-state index is 13.2. The van der Waals surface area contributed by atoms with Crippen LogP contribution < -0.4 is 5.32 Å². The molecule has 0 bridgehead atoms. The average Bonchev–Trinajstić information content (AvgIpc) is 2.37. The van der Waals surface area contributed by atoms with Gasteiger partial charge in [0.1, 0.15) is 5.82 Å². The molecular formula is C15H14Cl2FN. The molecule has 0 saturated carbocycles. The lowest BCUT2D eigenvalue weighted by Gasteiger charge is -2.18. The topological polar surface area (TPSA) is 12.0 Å². The van der Waals surface area contributed by atoms with Crippen LogP contribution in [0.1, 0.15) is 17.2 Å². The summed E-state index contributed by atoms with van der Waals surface area (Å²) in [4.78, 5) is 0. The summed E-state index contributed by atoms with van der Waals surface area (Å²) in [6.07, 6.45) is 0.662. The van der Waals surface area contributed by atoms with Gasteiger partial charge in [0.25, 0.3) is 0 Å². The predicted octanol–water partition coefficient (Wildman–Crippen LogP) is 4.64. The molecule has 0 radical (unpaired) electrons. The van der Waals surface area contributed by atoms with Gasteiger partial charge < -0.3 is 5.32 Å². The van der Waals surface area contributed by atoms with Crippen LogP contribution in [0.4, 0.5) is 4.39 Å². The lowest BCUT2D eigenvalue weighted by molar-refractivity contribution is 0.584. The van der Waals surface area contributed by atoms with E-state index in [4.69, 9.17) is 23.2 Å². The first-order valence-electron chi connectivity index (χ1n) is 5.97. The Morgan fingerprint density at radius 2 is 1.95 bits per heavy atom. The number of hydrogen-bond acceptors (Lipinski definition) is 1. The molecule has 0 fully saturated rings. The minimum atomic E-state index is -0.227. The highest BCUT2D eigenvalue weighted by molar-refractivity contribution is 6.35. The number of halogens is 3. The molecule has 0 saturated heterocycles. The summed E-state index contributed by atoms with van der Waals surface area (Å²) in [6, 6.07) is 12.0. The van der Waals surface area contributed by atoms with E-state index in [9.17, 15) is 4.39 Å². The number of benzene rings is 2. The van der Waals surface area contributed by atoms with E-state index in [0.717, 1.165) is 11.1 Å². The van der Waals surface area contributed by atoms with Gasteiger partial charge in [-0.2, -0.15) is 0 Å². The van der Waals surface area contributed by atoms with E-state index in [0.29, 0.717) is 16.5 Å². The summed E-state index contributed by atoms with van der Waals surface area (Å²) in [5.41, 5.74) is 1.88. The van der Waals surface area contributed by atoms with Gasteiger partial charge in [-0.25, -0.2) is 4.39 Å². The Kier molecular flexibility index (Phi) is 4.81. The summed E-state index contributed by atoms with van der Waals surface area (Å²) in [5.74, 6) is -0.227. The van der Waals surface area contributed by atoms with Crippen LogP contribution in [0.3, 0.4) is 0 Å². The van der Waals surface area contributed by atoms with Gasteiger partial charge in [-0.15, -0.1) is 0 Å². The van der Waals surface area contributed by atoms with Crippen molar-refractivity contribution in [2.24, 2.45) is 0 Å². The van der Waals surface area contributed by atoms with Crippen LogP contribution in [0.2, 0.25) is 10.0 Å². The smallest absolute Gasteiger partial charge is 0.123 e. The number of rotatable bonds is 4. The number of nitrogens with one attached hydrogen (secondary N) is 1. The Bertz CT molecular complexity index is 572. The highest BCUT2D eigenvalue weighted by Gasteiger charge is 2.14. The fourth-order valence-electron chi connectivity index (χ4n) is 2.05. The van der Waals surface area contributed by atoms with Gasteiger partial charge in [0.2, 0.25) is 0 Å². The fraction of sp³-hybridized carbons (Fsp3) is 0.200. The van der Waals surface area contributed by atoms with Gasteiger partial charge >= 0.3 is 0 Å². The monoisotopic (exact) mass is 297 g/mol. The molecule has 19 heavy (non-hydrogen) atoms. The maximum Gasteiger partial charge on any atom is 0.123 e. The summed E-state index contributed by atoms with van der Waals surface area (Å²) in [7, 11) is 1.86. The lowest BCUT2D eigenvalue weighted by atomic mass is 9.99. The van der Waals surface area contributed by atoms with Crippen LogP contribution in [-0.2, 0) is 6.42 Å². The van der Waals surface area contributed by atoms with Gasteiger partial charge in [-0.1, -0.05) is 41.4 Å². The van der Waals surface area contributed by atoms with Gasteiger partial charge in [0.05, 0.1) is 0 Å². The number of hydrogen-bond donors (Lipinski definition) is 1. The second kappa shape index (κ2) is 6.38. The van der Waals surface area contributed by atoms with E-state index in [1.54, 1.807) is 18.2 Å². The first-order valence-corrected chi connectivity index (χ1v) is 6.72. The van der Waals surface area contributed by atoms with Crippen molar-refractivity contribution in [2.75, 3.05) is 7.05 Å². The Morgan fingerprint density at radius 1 is 1.16 bits per heavy atom. The Labute approximate surface area is 122 Å². The average molecular weight is 298 g/mol. The van der Waals surface area contributed by atoms with Crippen molar-refractivity contribution < 1.29 is 4.39 Å². The van der Waals surface area contributed by atoms with Crippen molar-refractivity contribution in [3.8, 4) is 0 Å². The molecule has 0 spiro atoms. The van der Waals surface area contributed by atoms with E-state index >= 15 is 0 Å². The standard InChI is InChI=1S/C15H14Cl2FN/c1-19-15(8-10-3-2-4-12(18)7-10)13-6-5-11(16)9-14(13)17/h2-7,9,15,19H,8H2,1H3. The van der Waals surface area contributed by atoms with Crippen LogP contribution >= 0.6 is 23.2 Å². The minimum absolute atomic E-state index is 0.0200. The molecule has 0 aliphatic heterocycles. The summed E-state index contributed by atoms with van der Waals surface area (Å²) in [5, 5.41) is 4.42. The predicted molar refractivity (Wildman–Crippen MR) is 78.4 cm³/mol. The molecule has 0 heterocycles. The summed E-state index contributed by atoms with van der Waals surface area (Å²) in [6.45, 7) is 0. The molecule has 4 heteroatoms. The van der Waals surface area contributed by atoms with Crippen molar-refractivity contribution >= 4 is 23.2 Å². The molecule has 2 aromatic carbocycles. The molecule has 1 N–H and O–H groups in total. The fourth-order valence-corrected chi connectivity index (χ4v) is 2.59. The van der Waals surface area contributed by atoms with Gasteiger partial charge in [-0.3, -0.25) is 0 Å². The van der Waals surface area contributed by atoms with Crippen molar-refractivity contribution in [2.45, 2.75) is 12.5 Å². The normalized spacial score (nSPS) is 12.4. The van der Waals surface area contributed by atoms with Gasteiger partial charge in [0.15, 0.2) is 0 Å². The zero-order valence-electron chi connectivity index (χ0n) is 10.5. The SMILES string of the molecule is CNC(Cc1cccc(F)c1)c1ccc(Cl)cc1Cl. The van der Waals surface area contributed by atoms with Crippen molar-refractivity contribution in [3.05, 3.63) is 69.5 Å². The van der Waals surface area contributed by atoms with Crippen LogP contribution in [0.15, 0.2) is 42.5 Å². The first kappa shape index (κ1) is 14.3. The third kappa shape index (κ3) is 3.69. The van der Waals surface area contributed by atoms with E-state index in [-0.39, 0.29) is 11.9 Å². The quantitative estimate of drug-likeness (QED) is 0.867. The lowest BCUT2D eigenvalue weighted by Crippen LogP contribution is -2.19. The molecule has 2 aromatic rings. The molecule has 100 valence electrons. The van der Waals surface area contributed by atoms with Crippen LogP contribution in [0.5, 0.6) is 0 Å². The molecule has 1 unspecified atom stereocenters. The zero-order valence-corrected chi connectivity index (χ0v) is 12.0. The minimum Gasteiger partial charge on any atom is -0.313 e. The van der Waals surface area contributed by atoms with E-state index in [1.165, 1.54) is 12.1 Å². The van der Waals surface area contributed by atoms with Crippen LogP contribution in [0, 0.1) is 5.82 Å². The third-order valence-electron chi connectivity index (χ3n) is 3.02. The molecule has 2 rings (SSSR count). The maximum atomic E-state index is 13.2. The van der Waals surface area contributed by atoms with Crippen LogP contribution in [-0.4, -0.2) is 7.05 Å².